The minimum Gasteiger partial charge on any atom is -0.503 e. The molecule has 0 bridgehead atoms. The number of para-hydroxylation sites is 1. The average Bonchev–Trinajstić information content (AvgIpc) is 3.45. The van der Waals surface area contributed by atoms with E-state index in [1.807, 2.05) is 41.0 Å². The first-order valence-electron chi connectivity index (χ1n) is 11.3. The number of phenols is 5. The Labute approximate surface area is 207 Å². The zero-order chi connectivity index (χ0) is 25.4. The highest BCUT2D eigenvalue weighted by Crippen LogP contribution is 2.54. The Morgan fingerprint density at radius 1 is 0.595 bits per heavy atom. The molecular formula is C27H17N5O5. The lowest BCUT2D eigenvalue weighted by Gasteiger charge is -2.15. The number of rotatable bonds is 2. The molecule has 0 aliphatic heterocycles. The van der Waals surface area contributed by atoms with Crippen molar-refractivity contribution in [2.24, 2.45) is 0 Å². The first-order chi connectivity index (χ1) is 18.0. The third-order valence-electron chi connectivity index (χ3n) is 6.64. The molecule has 2 aromatic carbocycles. The van der Waals surface area contributed by atoms with Crippen LogP contribution in [0, 0.1) is 0 Å². The van der Waals surface area contributed by atoms with E-state index in [2.05, 4.69) is 9.97 Å². The molecule has 5 aromatic heterocycles. The summed E-state index contributed by atoms with van der Waals surface area (Å²) in [5.74, 6) is -4.60. The lowest BCUT2D eigenvalue weighted by Crippen LogP contribution is -1.98. The van der Waals surface area contributed by atoms with Crippen LogP contribution in [-0.4, -0.2) is 49.6 Å². The van der Waals surface area contributed by atoms with Crippen molar-refractivity contribution >= 4 is 43.9 Å². The van der Waals surface area contributed by atoms with Crippen LogP contribution in [0.5, 0.6) is 28.7 Å². The molecule has 10 heteroatoms. The zero-order valence-corrected chi connectivity index (χ0v) is 18.9. The highest BCUT2D eigenvalue weighted by Gasteiger charge is 2.29. The van der Waals surface area contributed by atoms with Gasteiger partial charge in [0.1, 0.15) is 11.3 Å². The van der Waals surface area contributed by atoms with Crippen molar-refractivity contribution in [1.82, 2.24) is 24.1 Å². The average molecular weight is 491 g/mol. The van der Waals surface area contributed by atoms with Gasteiger partial charge in [-0.3, -0.25) is 14.5 Å². The second-order valence-electron chi connectivity index (χ2n) is 8.58. The van der Waals surface area contributed by atoms with Crippen molar-refractivity contribution in [3.63, 3.8) is 0 Å². The molecule has 0 unspecified atom stereocenters. The van der Waals surface area contributed by atoms with Crippen molar-refractivity contribution in [3.05, 3.63) is 73.3 Å². The Bertz CT molecular complexity index is 2020. The minimum absolute atomic E-state index is 0.321. The second kappa shape index (κ2) is 7.25. The van der Waals surface area contributed by atoms with Gasteiger partial charge in [-0.25, -0.2) is 4.98 Å². The fraction of sp³-hybridized carbons (Fsp3) is 0. The van der Waals surface area contributed by atoms with Gasteiger partial charge in [-0.2, -0.15) is 0 Å². The molecule has 180 valence electrons. The number of pyridine rings is 3. The predicted octanol–water partition coefficient (Wildman–Crippen LogP) is 4.59. The molecule has 0 fully saturated rings. The van der Waals surface area contributed by atoms with Gasteiger partial charge >= 0.3 is 0 Å². The van der Waals surface area contributed by atoms with Crippen LogP contribution in [-0.2, 0) is 0 Å². The summed E-state index contributed by atoms with van der Waals surface area (Å²) in [4.78, 5) is 13.6. The van der Waals surface area contributed by atoms with Gasteiger partial charge in [0.25, 0.3) is 0 Å². The molecule has 37 heavy (non-hydrogen) atoms. The Kier molecular flexibility index (Phi) is 4.08. The van der Waals surface area contributed by atoms with E-state index in [0.29, 0.717) is 33.0 Å². The number of phenolic OH excluding ortho intramolecular Hbond substituents is 5. The van der Waals surface area contributed by atoms with Crippen LogP contribution in [0.3, 0.4) is 0 Å². The molecule has 10 nitrogen and oxygen atoms in total. The van der Waals surface area contributed by atoms with Crippen LogP contribution < -0.4 is 0 Å². The fourth-order valence-corrected chi connectivity index (χ4v) is 5.06. The smallest absolute Gasteiger partial charge is 0.208 e. The number of benzene rings is 2. The fourth-order valence-electron chi connectivity index (χ4n) is 5.06. The van der Waals surface area contributed by atoms with Crippen molar-refractivity contribution < 1.29 is 25.5 Å². The molecule has 0 amide bonds. The molecule has 0 spiro atoms. The number of nitrogens with zero attached hydrogens (tertiary/aromatic N) is 5. The highest BCUT2D eigenvalue weighted by molar-refractivity contribution is 6.24. The van der Waals surface area contributed by atoms with Gasteiger partial charge in [-0.15, -0.1) is 0 Å². The van der Waals surface area contributed by atoms with Gasteiger partial charge in [0.2, 0.25) is 17.2 Å². The lowest BCUT2D eigenvalue weighted by atomic mass is 10.1. The summed E-state index contributed by atoms with van der Waals surface area (Å²) in [5.41, 5.74) is 3.43. The van der Waals surface area contributed by atoms with Crippen LogP contribution in [0.4, 0.5) is 0 Å². The van der Waals surface area contributed by atoms with E-state index < -0.39 is 28.7 Å². The summed E-state index contributed by atoms with van der Waals surface area (Å²) < 4.78 is 3.47. The molecule has 0 saturated heterocycles. The molecule has 7 rings (SSSR count). The Morgan fingerprint density at radius 2 is 1.32 bits per heavy atom. The maximum Gasteiger partial charge on any atom is 0.208 e. The van der Waals surface area contributed by atoms with Gasteiger partial charge in [-0.05, 0) is 30.3 Å². The summed E-state index contributed by atoms with van der Waals surface area (Å²) in [6.07, 6.45) is 6.65. The Hall–Kier alpha value is -5.51. The van der Waals surface area contributed by atoms with E-state index in [1.165, 1.54) is 4.57 Å². The molecule has 0 radical (unpaired) electrons. The van der Waals surface area contributed by atoms with Gasteiger partial charge in [0.05, 0.1) is 27.5 Å². The van der Waals surface area contributed by atoms with E-state index in [-0.39, 0.29) is 5.69 Å². The first-order valence-corrected chi connectivity index (χ1v) is 11.3. The maximum atomic E-state index is 10.9. The van der Waals surface area contributed by atoms with E-state index in [0.717, 1.165) is 16.6 Å². The van der Waals surface area contributed by atoms with Crippen LogP contribution in [0.15, 0.2) is 73.3 Å². The number of hydrogen-bond acceptors (Lipinski definition) is 8. The van der Waals surface area contributed by atoms with Crippen molar-refractivity contribution in [3.8, 4) is 40.1 Å². The number of hydrogen-bond donors (Lipinski definition) is 5. The summed E-state index contributed by atoms with van der Waals surface area (Å²) in [7, 11) is 0. The summed E-state index contributed by atoms with van der Waals surface area (Å²) in [6, 6.07) is 15.0. The molecule has 7 aromatic rings. The van der Waals surface area contributed by atoms with E-state index >= 15 is 0 Å². The van der Waals surface area contributed by atoms with Crippen molar-refractivity contribution in [2.75, 3.05) is 0 Å². The molecule has 5 heterocycles. The SMILES string of the molecule is Oc1c(O)c(O)c(-n2c3cccnc3c3cnc4c(c5cnccc5n4-c4ccccc4)c32)c(O)c1O. The van der Waals surface area contributed by atoms with Crippen LogP contribution in [0.1, 0.15) is 0 Å². The maximum absolute atomic E-state index is 10.9. The molecule has 0 aliphatic rings. The normalized spacial score (nSPS) is 11.8. The Morgan fingerprint density at radius 3 is 2.08 bits per heavy atom. The third-order valence-corrected chi connectivity index (χ3v) is 6.64. The predicted molar refractivity (Wildman–Crippen MR) is 137 cm³/mol. The summed E-state index contributed by atoms with van der Waals surface area (Å²) >= 11 is 0. The summed E-state index contributed by atoms with van der Waals surface area (Å²) in [6.45, 7) is 0. The van der Waals surface area contributed by atoms with Crippen molar-refractivity contribution in [2.45, 2.75) is 0 Å². The van der Waals surface area contributed by atoms with Crippen LogP contribution in [0.25, 0.3) is 55.2 Å². The number of aromatic hydroxyl groups is 5. The second-order valence-corrected chi connectivity index (χ2v) is 8.58. The van der Waals surface area contributed by atoms with Crippen LogP contribution >= 0.6 is 0 Å². The van der Waals surface area contributed by atoms with E-state index in [4.69, 9.17) is 4.98 Å². The Balaban J connectivity index is 1.78. The first kappa shape index (κ1) is 20.8. The molecule has 0 aliphatic carbocycles. The molecule has 0 atom stereocenters. The zero-order valence-electron chi connectivity index (χ0n) is 18.9. The topological polar surface area (TPSA) is 150 Å². The quantitative estimate of drug-likeness (QED) is 0.174. The van der Waals surface area contributed by atoms with Gasteiger partial charge < -0.3 is 30.1 Å². The third kappa shape index (κ3) is 2.60. The highest BCUT2D eigenvalue weighted by atomic mass is 16.4. The van der Waals surface area contributed by atoms with Gasteiger partial charge in [0, 0.05) is 41.2 Å². The minimum atomic E-state index is -1.03. The van der Waals surface area contributed by atoms with E-state index in [1.54, 1.807) is 36.9 Å². The molecule has 5 N–H and O–H groups in total. The monoisotopic (exact) mass is 491 g/mol. The summed E-state index contributed by atoms with van der Waals surface area (Å²) in [5, 5.41) is 54.5. The van der Waals surface area contributed by atoms with Gasteiger partial charge in [0.15, 0.2) is 11.5 Å². The molecule has 0 saturated carbocycles. The standard InChI is InChI=1S/C27H17N5O5/c33-22-21(23(34)25(36)26(37)24(22)35)32-17-7-4-9-29-19(17)15-12-30-27-18(20(15)32)14-11-28-10-8-16(14)31(27)13-5-2-1-3-6-13/h1-12,33-37H. The lowest BCUT2D eigenvalue weighted by molar-refractivity contribution is 0.327. The van der Waals surface area contributed by atoms with E-state index in [9.17, 15) is 25.5 Å². The van der Waals surface area contributed by atoms with Gasteiger partial charge in [-0.1, -0.05) is 18.2 Å². The van der Waals surface area contributed by atoms with Crippen LogP contribution in [0.2, 0.25) is 0 Å². The number of aromatic nitrogens is 5. The number of fused-ring (bicyclic) bond motifs is 7. The van der Waals surface area contributed by atoms with Crippen molar-refractivity contribution in [1.29, 1.82) is 0 Å². The largest absolute Gasteiger partial charge is 0.503 e. The molecular weight excluding hydrogens is 474 g/mol.